The molecule has 2 saturated heterocycles. The van der Waals surface area contributed by atoms with Crippen molar-refractivity contribution in [2.45, 2.75) is 56.7 Å². The highest BCUT2D eigenvalue weighted by atomic mass is 16.5. The quantitative estimate of drug-likeness (QED) is 0.846. The third-order valence-electron chi connectivity index (χ3n) is 5.99. The van der Waals surface area contributed by atoms with Crippen LogP contribution in [-0.4, -0.2) is 82.2 Å². The number of rotatable bonds is 4. The van der Waals surface area contributed by atoms with Crippen LogP contribution in [0.25, 0.3) is 0 Å². The summed E-state index contributed by atoms with van der Waals surface area (Å²) in [6.07, 6.45) is 8.59. The molecular formula is C18H30N6O2. The summed E-state index contributed by atoms with van der Waals surface area (Å²) in [5.74, 6) is 0.000488. The Bertz CT molecular complexity index is 599. The average Bonchev–Trinajstić information content (AvgIpc) is 3.34. The van der Waals surface area contributed by atoms with Gasteiger partial charge in [-0.15, -0.1) is 5.10 Å². The summed E-state index contributed by atoms with van der Waals surface area (Å²) in [6, 6.07) is 0.633. The second kappa shape index (κ2) is 8.02. The van der Waals surface area contributed by atoms with Gasteiger partial charge in [0.15, 0.2) is 5.69 Å². The lowest BCUT2D eigenvalue weighted by molar-refractivity contribution is 0.0429. The van der Waals surface area contributed by atoms with E-state index in [1.807, 2.05) is 15.8 Å². The minimum atomic E-state index is 0.000488. The fraction of sp³-hybridized carbons (Fsp3) is 0.833. The van der Waals surface area contributed by atoms with Crippen LogP contribution in [-0.2, 0) is 4.74 Å². The lowest BCUT2D eigenvalue weighted by Gasteiger charge is -2.35. The maximum Gasteiger partial charge on any atom is 0.276 e. The van der Waals surface area contributed by atoms with Crippen LogP contribution >= 0.6 is 0 Å². The second-order valence-electron chi connectivity index (χ2n) is 7.88. The normalized spacial score (nSPS) is 30.7. The molecule has 8 nitrogen and oxygen atoms in total. The SMILES string of the molecule is NC1CCC(n2cc(C(=O)N3CCN(C[C@@H]4CCCO4)CC3)nn2)CC1. The van der Waals surface area contributed by atoms with Gasteiger partial charge in [-0.05, 0) is 38.5 Å². The van der Waals surface area contributed by atoms with Crippen molar-refractivity contribution in [3.8, 4) is 0 Å². The molecule has 0 aromatic carbocycles. The molecule has 8 heteroatoms. The first-order chi connectivity index (χ1) is 12.7. The minimum Gasteiger partial charge on any atom is -0.377 e. The molecule has 1 aromatic rings. The molecule has 0 radical (unpaired) electrons. The Hall–Kier alpha value is -1.51. The summed E-state index contributed by atoms with van der Waals surface area (Å²) in [5, 5.41) is 8.36. The van der Waals surface area contributed by atoms with E-state index in [4.69, 9.17) is 10.5 Å². The molecule has 2 N–H and O–H groups in total. The van der Waals surface area contributed by atoms with Crippen LogP contribution < -0.4 is 5.73 Å². The Morgan fingerprint density at radius 1 is 1.15 bits per heavy atom. The van der Waals surface area contributed by atoms with Gasteiger partial charge in [0.25, 0.3) is 5.91 Å². The number of carbonyl (C=O) groups is 1. The Kier molecular flexibility index (Phi) is 5.52. The van der Waals surface area contributed by atoms with Crippen molar-refractivity contribution in [1.29, 1.82) is 0 Å². The number of nitrogens with zero attached hydrogens (tertiary/aromatic N) is 5. The van der Waals surface area contributed by atoms with Gasteiger partial charge in [0.2, 0.25) is 0 Å². The molecule has 1 saturated carbocycles. The summed E-state index contributed by atoms with van der Waals surface area (Å²) < 4.78 is 7.58. The molecule has 1 amide bonds. The van der Waals surface area contributed by atoms with Crippen molar-refractivity contribution in [3.05, 3.63) is 11.9 Å². The zero-order valence-corrected chi connectivity index (χ0v) is 15.4. The largest absolute Gasteiger partial charge is 0.377 e. The molecule has 1 aromatic heterocycles. The highest BCUT2D eigenvalue weighted by Gasteiger charge is 2.28. The molecule has 4 rings (SSSR count). The highest BCUT2D eigenvalue weighted by Crippen LogP contribution is 2.27. The Labute approximate surface area is 154 Å². The number of piperazine rings is 1. The van der Waals surface area contributed by atoms with E-state index in [9.17, 15) is 4.79 Å². The number of amides is 1. The zero-order chi connectivity index (χ0) is 17.9. The van der Waals surface area contributed by atoms with Gasteiger partial charge < -0.3 is 15.4 Å². The van der Waals surface area contributed by atoms with Crippen LogP contribution in [0, 0.1) is 0 Å². The molecule has 2 aliphatic heterocycles. The highest BCUT2D eigenvalue weighted by molar-refractivity contribution is 5.92. The average molecular weight is 362 g/mol. The predicted octanol–water partition coefficient (Wildman–Crippen LogP) is 0.657. The van der Waals surface area contributed by atoms with Gasteiger partial charge in [0.1, 0.15) is 0 Å². The standard InChI is InChI=1S/C18H30N6O2/c19-14-3-5-15(6-4-14)24-13-17(20-21-24)18(25)23-9-7-22(8-10-23)12-16-2-1-11-26-16/h13-16H,1-12,19H2/t14?,15?,16-/m0/s1. The third-order valence-corrected chi connectivity index (χ3v) is 5.99. The van der Waals surface area contributed by atoms with E-state index < -0.39 is 0 Å². The van der Waals surface area contributed by atoms with Gasteiger partial charge in [0.05, 0.1) is 18.3 Å². The fourth-order valence-corrected chi connectivity index (χ4v) is 4.29. The first kappa shape index (κ1) is 17.9. The molecule has 3 heterocycles. The van der Waals surface area contributed by atoms with Crippen molar-refractivity contribution in [2.24, 2.45) is 5.73 Å². The van der Waals surface area contributed by atoms with E-state index in [0.717, 1.165) is 71.4 Å². The van der Waals surface area contributed by atoms with E-state index >= 15 is 0 Å². The second-order valence-corrected chi connectivity index (χ2v) is 7.88. The summed E-state index contributed by atoms with van der Waals surface area (Å²) in [5.41, 5.74) is 6.44. The molecule has 144 valence electrons. The van der Waals surface area contributed by atoms with Gasteiger partial charge in [-0.3, -0.25) is 9.69 Å². The smallest absolute Gasteiger partial charge is 0.276 e. The minimum absolute atomic E-state index is 0.000488. The molecule has 3 fully saturated rings. The van der Waals surface area contributed by atoms with E-state index in [1.54, 1.807) is 0 Å². The van der Waals surface area contributed by atoms with Gasteiger partial charge in [-0.25, -0.2) is 4.68 Å². The third kappa shape index (κ3) is 4.07. The Balaban J connectivity index is 1.28. The molecule has 0 unspecified atom stereocenters. The first-order valence-electron chi connectivity index (χ1n) is 9.99. The van der Waals surface area contributed by atoms with Crippen LogP contribution in [0.1, 0.15) is 55.1 Å². The lowest BCUT2D eigenvalue weighted by atomic mass is 9.92. The number of ether oxygens (including phenoxy) is 1. The summed E-state index contributed by atoms with van der Waals surface area (Å²) in [6.45, 7) is 5.18. The molecule has 26 heavy (non-hydrogen) atoms. The summed E-state index contributed by atoms with van der Waals surface area (Å²) in [7, 11) is 0. The molecule has 1 atom stereocenters. The first-order valence-corrected chi connectivity index (χ1v) is 9.99. The number of aromatic nitrogens is 3. The number of hydrogen-bond donors (Lipinski definition) is 1. The topological polar surface area (TPSA) is 89.5 Å². The molecule has 1 aliphatic carbocycles. The van der Waals surface area contributed by atoms with Crippen molar-refractivity contribution in [3.63, 3.8) is 0 Å². The van der Waals surface area contributed by atoms with E-state index in [2.05, 4.69) is 15.2 Å². The predicted molar refractivity (Wildman–Crippen MR) is 96.8 cm³/mol. The van der Waals surface area contributed by atoms with Crippen molar-refractivity contribution >= 4 is 5.91 Å². The number of hydrogen-bond acceptors (Lipinski definition) is 6. The van der Waals surface area contributed by atoms with Gasteiger partial charge >= 0.3 is 0 Å². The fourth-order valence-electron chi connectivity index (χ4n) is 4.29. The maximum absolute atomic E-state index is 12.7. The number of carbonyl (C=O) groups excluding carboxylic acids is 1. The van der Waals surface area contributed by atoms with E-state index in [1.165, 1.54) is 6.42 Å². The summed E-state index contributed by atoms with van der Waals surface area (Å²) in [4.78, 5) is 17.1. The lowest BCUT2D eigenvalue weighted by Crippen LogP contribution is -2.50. The molecule has 0 bridgehead atoms. The summed E-state index contributed by atoms with van der Waals surface area (Å²) >= 11 is 0. The van der Waals surface area contributed by atoms with Crippen LogP contribution in [0.2, 0.25) is 0 Å². The van der Waals surface area contributed by atoms with Crippen molar-refractivity contribution < 1.29 is 9.53 Å². The zero-order valence-electron chi connectivity index (χ0n) is 15.4. The van der Waals surface area contributed by atoms with E-state index in [-0.39, 0.29) is 5.91 Å². The van der Waals surface area contributed by atoms with Crippen LogP contribution in [0.15, 0.2) is 6.20 Å². The van der Waals surface area contributed by atoms with Crippen LogP contribution in [0.3, 0.4) is 0 Å². The Morgan fingerprint density at radius 3 is 2.62 bits per heavy atom. The van der Waals surface area contributed by atoms with E-state index in [0.29, 0.717) is 23.9 Å². The van der Waals surface area contributed by atoms with Crippen LogP contribution in [0.4, 0.5) is 0 Å². The van der Waals surface area contributed by atoms with Gasteiger partial charge in [-0.1, -0.05) is 5.21 Å². The number of nitrogens with two attached hydrogens (primary N) is 1. The van der Waals surface area contributed by atoms with Crippen LogP contribution in [0.5, 0.6) is 0 Å². The maximum atomic E-state index is 12.7. The Morgan fingerprint density at radius 2 is 1.92 bits per heavy atom. The van der Waals surface area contributed by atoms with Gasteiger partial charge in [0, 0.05) is 45.4 Å². The van der Waals surface area contributed by atoms with Gasteiger partial charge in [-0.2, -0.15) is 0 Å². The van der Waals surface area contributed by atoms with Crippen molar-refractivity contribution in [2.75, 3.05) is 39.3 Å². The van der Waals surface area contributed by atoms with Crippen molar-refractivity contribution in [1.82, 2.24) is 24.8 Å². The molecule has 3 aliphatic rings. The molecular weight excluding hydrogens is 332 g/mol. The molecule has 0 spiro atoms. The monoisotopic (exact) mass is 362 g/mol.